The molecule has 31 heteroatoms. The number of para-hydroxylation sites is 2. The van der Waals surface area contributed by atoms with Gasteiger partial charge in [-0.1, -0.05) is 282 Å². The normalized spacial score (nSPS) is 11.3. The first kappa shape index (κ1) is 104. The number of aromatic carboxylic acids is 4. The smallest absolute Gasteiger partial charge is 0.342 e. The molecule has 0 spiro atoms. The molecule has 0 radical (unpaired) electrons. The highest BCUT2D eigenvalue weighted by Crippen LogP contribution is 2.44. The molecule has 0 aliphatic heterocycles. The van der Waals surface area contributed by atoms with Crippen molar-refractivity contribution in [3.8, 4) is 52.6 Å². The van der Waals surface area contributed by atoms with E-state index in [4.69, 9.17) is 49.0 Å². The molecule has 2 unspecified atom stereocenters. The number of carbonyl (C=O) groups excluding carboxylic acids is 5. The van der Waals surface area contributed by atoms with Crippen LogP contribution in [0.25, 0.3) is 74.5 Å². The van der Waals surface area contributed by atoms with E-state index in [1.807, 2.05) is 222 Å². The second kappa shape index (κ2) is 49.6. The predicted molar refractivity (Wildman–Crippen MR) is 573 cm³/mol. The molecule has 9 N–H and O–H groups in total. The minimum Gasteiger partial charge on any atom is -0.478 e. The van der Waals surface area contributed by atoms with Crippen LogP contribution >= 0.6 is 108 Å². The van der Waals surface area contributed by atoms with Gasteiger partial charge in [0.15, 0.2) is 6.17 Å². The number of alkyl halides is 1. The van der Waals surface area contributed by atoms with Gasteiger partial charge < -0.3 is 60.6 Å². The number of aryl methyl sites for hydroxylation is 4. The summed E-state index contributed by atoms with van der Waals surface area (Å²) in [6, 6.07) is 86.5. The van der Waals surface area contributed by atoms with Gasteiger partial charge in [-0.25, -0.2) is 28.4 Å². The van der Waals surface area contributed by atoms with Crippen LogP contribution in [0.5, 0.6) is 0 Å². The van der Waals surface area contributed by atoms with Gasteiger partial charge in [0, 0.05) is 83.8 Å². The van der Waals surface area contributed by atoms with Gasteiger partial charge in [-0.3, -0.25) is 19.2 Å². The summed E-state index contributed by atoms with van der Waals surface area (Å²) in [6.45, 7) is 9.34. The Labute approximate surface area is 855 Å². The average molecular weight is 2100 g/mol. The molecule has 4 amide bonds. The number of thiocarbonyl (C=S) groups is 1. The summed E-state index contributed by atoms with van der Waals surface area (Å²) in [7, 11) is 0. The van der Waals surface area contributed by atoms with Crippen molar-refractivity contribution in [1.29, 1.82) is 0 Å². The van der Waals surface area contributed by atoms with Crippen molar-refractivity contribution in [2.45, 2.75) is 97.8 Å². The van der Waals surface area contributed by atoms with E-state index in [1.165, 1.54) is 61.9 Å². The van der Waals surface area contributed by atoms with Crippen molar-refractivity contribution in [3.05, 3.63) is 382 Å². The first-order valence-electron chi connectivity index (χ1n) is 44.1. The van der Waals surface area contributed by atoms with E-state index < -0.39 is 47.5 Å². The lowest BCUT2D eigenvalue weighted by Gasteiger charge is -2.20. The first-order chi connectivity index (χ1) is 67.8. The molecule has 0 saturated carbocycles. The summed E-state index contributed by atoms with van der Waals surface area (Å²) in [4.78, 5) is 114. The molecule has 141 heavy (non-hydrogen) atoms. The number of esters is 1. The maximum absolute atomic E-state index is 14.3. The number of fused-ring (bicyclic) bond motifs is 2. The molecule has 17 aromatic rings. The fourth-order valence-corrected chi connectivity index (χ4v) is 20.2. The molecular formula is C110H93BrCl2FN5O16S6. The standard InChI is InChI=1S/C26H25NO4S.C22H17NO4S.C21H18BrNO3S.C21H18ClNO2S2.C20H15ClFNO3S/c1-26(2,3)31-25(29)23-19(27-22(28)14-13-17-9-5-4-6-10-17)16-32-24(23)21-15-18-11-7-8-12-20(18)30-21;24-19(11-10-14-6-2-1-3-7-14)23-16-13-28-21(20(16)22(25)26)18-12-15-8-4-5-9-17(15)27-18;1-13(11-14-5-3-2-4-6-14)20(24)23-17-12-27-19(18(17)21(25)26)15-7-9-16(22)10-8-15;1-13-3-2-4-14(11-13)5-10-18(26)23-17-12-27-20(19(17)21(24)25)15-6-8-16(22)9-7-15;21-14-8-6-13(7-9-14)18-17(20(25)26)16(11-27-18)23-19(24)15(22)10-12-4-2-1-3-5-12/h4-12,15-16H,13-14H2,1-3H3,(H,27,28);1-9,12-13H,10-11H2,(H,23,24)(H,25,26);2-10,12-13H,11H2,1H3,(H,23,24)(H,25,26);2-4,6-9,11-12H,5,10H2,1H3,(H,23,26)(H,24,25);1-9,11,15H,10H2,(H,23,24)(H,25,26). The van der Waals surface area contributed by atoms with Gasteiger partial charge in [0.25, 0.3) is 5.91 Å². The molecular weight excluding hydrogens is 2010 g/mol. The number of nitrogens with one attached hydrogen (secondary N) is 5. The van der Waals surface area contributed by atoms with Crippen LogP contribution in [0.1, 0.15) is 132 Å². The minimum absolute atomic E-state index is 0.0529. The number of thiophene rings is 5. The molecule has 0 fully saturated rings. The summed E-state index contributed by atoms with van der Waals surface area (Å²) in [5, 5.41) is 64.0. The van der Waals surface area contributed by atoms with Crippen molar-refractivity contribution in [1.82, 2.24) is 0 Å². The monoisotopic (exact) mass is 2100 g/mol. The van der Waals surface area contributed by atoms with Gasteiger partial charge in [-0.05, 0) is 159 Å². The zero-order valence-corrected chi connectivity index (χ0v) is 84.4. The number of ether oxygens (including phenoxy) is 1. The van der Waals surface area contributed by atoms with Crippen molar-refractivity contribution in [2.24, 2.45) is 5.92 Å². The van der Waals surface area contributed by atoms with Crippen LogP contribution in [0.15, 0.2) is 319 Å². The molecule has 17 rings (SSSR count). The van der Waals surface area contributed by atoms with Crippen LogP contribution in [0.4, 0.5) is 32.8 Å². The number of carboxylic acids is 4. The van der Waals surface area contributed by atoms with Crippen LogP contribution in [0.3, 0.4) is 0 Å². The molecule has 7 aromatic heterocycles. The number of halogens is 4. The summed E-state index contributed by atoms with van der Waals surface area (Å²) in [5.41, 5.74) is 11.7. The Kier molecular flexibility index (Phi) is 36.7. The zero-order valence-electron chi connectivity index (χ0n) is 76.4. The zero-order chi connectivity index (χ0) is 100. The first-order valence-corrected chi connectivity index (χ1v) is 50.5. The topological polar surface area (TPSA) is 330 Å². The Hall–Kier alpha value is -14.1. The summed E-state index contributed by atoms with van der Waals surface area (Å²) in [6.07, 6.45) is 2.00. The minimum atomic E-state index is -1.78. The van der Waals surface area contributed by atoms with E-state index in [9.17, 15) is 68.0 Å². The molecule has 0 bridgehead atoms. The van der Waals surface area contributed by atoms with Crippen LogP contribution in [0.2, 0.25) is 10.0 Å². The van der Waals surface area contributed by atoms with Crippen molar-refractivity contribution < 1.29 is 81.5 Å². The third kappa shape index (κ3) is 29.3. The van der Waals surface area contributed by atoms with E-state index in [2.05, 4.69) is 67.6 Å². The highest BCUT2D eigenvalue weighted by atomic mass is 79.9. The molecule has 0 saturated heterocycles. The van der Waals surface area contributed by atoms with Gasteiger partial charge in [-0.2, -0.15) is 0 Å². The van der Waals surface area contributed by atoms with Gasteiger partial charge in [0.05, 0.1) is 57.8 Å². The number of carboxylic acid groups (broad SMARTS) is 4. The molecule has 2 atom stereocenters. The molecule has 0 aliphatic rings. The number of carbonyl (C=O) groups is 9. The fraction of sp³-hybridized carbons (Fsp3) is 0.145. The number of anilines is 5. The summed E-state index contributed by atoms with van der Waals surface area (Å²) < 4.78 is 32.7. The Morgan fingerprint density at radius 1 is 0.397 bits per heavy atom. The van der Waals surface area contributed by atoms with Crippen LogP contribution < -0.4 is 26.6 Å². The summed E-state index contributed by atoms with van der Waals surface area (Å²) in [5.74, 6) is -5.50. The van der Waals surface area contributed by atoms with E-state index >= 15 is 0 Å². The quantitative estimate of drug-likeness (QED) is 0.0149. The number of rotatable bonds is 30. The predicted octanol–water partition coefficient (Wildman–Crippen LogP) is 29.5. The second-order valence-corrected chi connectivity index (χ2v) is 39.8. The van der Waals surface area contributed by atoms with E-state index in [1.54, 1.807) is 88.3 Å². The largest absolute Gasteiger partial charge is 0.478 e. The SMILES string of the molecule is CC(C)(C)OC(=O)c1c(NC(=O)CCc2ccccc2)csc1-c1cc2ccccc2o1.CC(Cc1ccccc1)C(=O)Nc1csc(-c2ccc(Br)cc2)c1C(=O)O.Cc1cccc(CCC(=S)Nc2csc(-c3ccc(Cl)cc3)c2C(=O)O)c1.O=C(CCc1ccccc1)Nc1csc(-c2cc3ccccc3o2)c1C(=O)O.O=C(O)c1c(NC(=O)C(F)Cc2ccccc2)csc1-c1ccc(Cl)cc1. The van der Waals surface area contributed by atoms with Crippen molar-refractivity contribution >= 4 is 217 Å². The lowest BCUT2D eigenvalue weighted by molar-refractivity contribution is -0.121. The van der Waals surface area contributed by atoms with Crippen LogP contribution in [-0.4, -0.2) is 90.7 Å². The van der Waals surface area contributed by atoms with E-state index in [-0.39, 0.29) is 64.4 Å². The van der Waals surface area contributed by atoms with Crippen molar-refractivity contribution in [2.75, 3.05) is 26.6 Å². The van der Waals surface area contributed by atoms with Crippen LogP contribution in [-0.2, 0) is 56.0 Å². The van der Waals surface area contributed by atoms with Crippen molar-refractivity contribution in [3.63, 3.8) is 0 Å². The lowest BCUT2D eigenvalue weighted by Crippen LogP contribution is -2.26. The van der Waals surface area contributed by atoms with Gasteiger partial charge in [0.1, 0.15) is 56.1 Å². The molecule has 21 nitrogen and oxygen atoms in total. The molecule has 10 aromatic carbocycles. The van der Waals surface area contributed by atoms with Gasteiger partial charge in [-0.15, -0.1) is 56.7 Å². The maximum atomic E-state index is 14.3. The second-order valence-electron chi connectivity index (χ2n) is 33.1. The maximum Gasteiger partial charge on any atom is 0.342 e. The average Bonchev–Trinajstić information content (AvgIpc) is 1.63. The number of benzene rings is 10. The molecule has 0 aliphatic carbocycles. The Morgan fingerprint density at radius 3 is 1.15 bits per heavy atom. The number of hydrogen-bond donors (Lipinski definition) is 9. The third-order valence-corrected chi connectivity index (χ3v) is 27.8. The van der Waals surface area contributed by atoms with Gasteiger partial charge >= 0.3 is 29.8 Å². The molecule has 718 valence electrons. The van der Waals surface area contributed by atoms with Gasteiger partial charge in [0.2, 0.25) is 17.7 Å². The lowest BCUT2D eigenvalue weighted by atomic mass is 10.00. The number of hydrogen-bond acceptors (Lipinski definition) is 18. The van der Waals surface area contributed by atoms with E-state index in [0.717, 1.165) is 66.4 Å². The fourth-order valence-electron chi connectivity index (χ4n) is 14.6. The molecule has 7 heterocycles. The Balaban J connectivity index is 0.000000148. The Morgan fingerprint density at radius 2 is 0.738 bits per heavy atom. The Bertz CT molecular complexity index is 7060. The third-order valence-electron chi connectivity index (χ3n) is 21.4. The number of amides is 4. The van der Waals surface area contributed by atoms with Crippen LogP contribution in [0, 0.1) is 12.8 Å². The highest BCUT2D eigenvalue weighted by Gasteiger charge is 2.32. The summed E-state index contributed by atoms with van der Waals surface area (Å²) >= 11 is 27.0. The van der Waals surface area contributed by atoms with E-state index in [0.29, 0.717) is 128 Å². The number of furan rings is 2. The highest BCUT2D eigenvalue weighted by molar-refractivity contribution is 9.10.